The van der Waals surface area contributed by atoms with Crippen molar-refractivity contribution < 1.29 is 18.3 Å². The van der Waals surface area contributed by atoms with Crippen molar-refractivity contribution in [2.24, 2.45) is 0 Å². The van der Waals surface area contributed by atoms with Gasteiger partial charge in [-0.2, -0.15) is 0 Å². The smallest absolute Gasteiger partial charge is 0.330 e. The number of ether oxygens (including phenoxy) is 1. The van der Waals surface area contributed by atoms with E-state index in [0.717, 1.165) is 33.2 Å². The Morgan fingerprint density at radius 2 is 1.87 bits per heavy atom. The maximum Gasteiger partial charge on any atom is 0.330 e. The molecule has 162 valence electrons. The number of rotatable bonds is 7. The number of amides is 1. The van der Waals surface area contributed by atoms with Gasteiger partial charge in [0.2, 0.25) is 0 Å². The number of anilines is 2. The van der Waals surface area contributed by atoms with Gasteiger partial charge in [0.25, 0.3) is 11.5 Å². The van der Waals surface area contributed by atoms with Crippen molar-refractivity contribution in [3.63, 3.8) is 0 Å². The van der Waals surface area contributed by atoms with E-state index in [4.69, 9.17) is 10.5 Å². The van der Waals surface area contributed by atoms with E-state index in [0.29, 0.717) is 0 Å². The standard InChI is InChI=1S/C21H20F2N4O4/c1-31-10-9-26(20(29)15-11-14(22)7-8-16(15)23)17-18(24)27(21(30)25-19(17)28)12-13-5-3-2-4-6-13/h2-8,11H,9-10,12,24H2,1H3,(H,25,28,30). The SMILES string of the molecule is COCCN(C(=O)c1cc(F)ccc1F)c1c(N)n(Cc2ccccc2)c(=O)[nH]c1=O. The first-order valence-corrected chi connectivity index (χ1v) is 9.26. The van der Waals surface area contributed by atoms with Crippen LogP contribution in [-0.4, -0.2) is 35.7 Å². The van der Waals surface area contributed by atoms with E-state index in [1.54, 1.807) is 30.3 Å². The second kappa shape index (κ2) is 9.35. The van der Waals surface area contributed by atoms with Crippen molar-refractivity contribution in [1.29, 1.82) is 0 Å². The van der Waals surface area contributed by atoms with Crippen LogP contribution >= 0.6 is 0 Å². The number of nitrogens with zero attached hydrogens (tertiary/aromatic N) is 2. The van der Waals surface area contributed by atoms with Crippen molar-refractivity contribution in [2.45, 2.75) is 6.54 Å². The molecule has 1 amide bonds. The molecule has 0 saturated carbocycles. The molecule has 0 unspecified atom stereocenters. The van der Waals surface area contributed by atoms with E-state index in [9.17, 15) is 23.2 Å². The number of carbonyl (C=O) groups is 1. The van der Waals surface area contributed by atoms with Gasteiger partial charge in [-0.25, -0.2) is 13.6 Å². The van der Waals surface area contributed by atoms with Crippen molar-refractivity contribution in [3.8, 4) is 0 Å². The van der Waals surface area contributed by atoms with Crippen LogP contribution in [0.3, 0.4) is 0 Å². The molecule has 0 radical (unpaired) electrons. The second-order valence-corrected chi connectivity index (χ2v) is 6.64. The van der Waals surface area contributed by atoms with Crippen LogP contribution in [0, 0.1) is 11.6 Å². The summed E-state index contributed by atoms with van der Waals surface area (Å²) in [5, 5.41) is 0. The minimum absolute atomic E-state index is 0.0237. The highest BCUT2D eigenvalue weighted by Gasteiger charge is 2.27. The van der Waals surface area contributed by atoms with Crippen LogP contribution < -0.4 is 21.9 Å². The largest absolute Gasteiger partial charge is 0.383 e. The number of nitrogens with one attached hydrogen (secondary N) is 1. The van der Waals surface area contributed by atoms with Gasteiger partial charge in [-0.3, -0.25) is 24.0 Å². The zero-order valence-corrected chi connectivity index (χ0v) is 16.6. The van der Waals surface area contributed by atoms with Gasteiger partial charge in [0, 0.05) is 13.7 Å². The van der Waals surface area contributed by atoms with Gasteiger partial charge in [-0.15, -0.1) is 0 Å². The minimum atomic E-state index is -1.00. The molecule has 31 heavy (non-hydrogen) atoms. The van der Waals surface area contributed by atoms with Gasteiger partial charge in [0.1, 0.15) is 17.5 Å². The molecule has 2 aromatic carbocycles. The van der Waals surface area contributed by atoms with Crippen molar-refractivity contribution in [3.05, 3.63) is 92.1 Å². The van der Waals surface area contributed by atoms with E-state index in [1.165, 1.54) is 7.11 Å². The molecule has 0 fully saturated rings. The number of aromatic nitrogens is 2. The Kier molecular flexibility index (Phi) is 6.61. The maximum absolute atomic E-state index is 14.2. The van der Waals surface area contributed by atoms with Crippen LogP contribution in [0.2, 0.25) is 0 Å². The van der Waals surface area contributed by atoms with Crippen LogP contribution in [-0.2, 0) is 11.3 Å². The first kappa shape index (κ1) is 21.9. The quantitative estimate of drug-likeness (QED) is 0.593. The Labute approximate surface area is 175 Å². The van der Waals surface area contributed by atoms with E-state index >= 15 is 0 Å². The molecule has 1 aromatic heterocycles. The topological polar surface area (TPSA) is 110 Å². The van der Waals surface area contributed by atoms with Gasteiger partial charge in [0.05, 0.1) is 18.7 Å². The molecule has 3 rings (SSSR count). The molecular formula is C21H20F2N4O4. The zero-order chi connectivity index (χ0) is 22.5. The molecule has 0 aliphatic carbocycles. The van der Waals surface area contributed by atoms with Crippen LogP contribution in [0.4, 0.5) is 20.3 Å². The molecule has 10 heteroatoms. The Morgan fingerprint density at radius 1 is 1.16 bits per heavy atom. The fourth-order valence-corrected chi connectivity index (χ4v) is 3.07. The Hall–Kier alpha value is -3.79. The third kappa shape index (κ3) is 4.69. The number of benzene rings is 2. The molecule has 0 aliphatic heterocycles. The zero-order valence-electron chi connectivity index (χ0n) is 16.6. The lowest BCUT2D eigenvalue weighted by Crippen LogP contribution is -2.43. The average molecular weight is 430 g/mol. The number of methoxy groups -OCH3 is 1. The van der Waals surface area contributed by atoms with Crippen LogP contribution in [0.5, 0.6) is 0 Å². The van der Waals surface area contributed by atoms with Crippen LogP contribution in [0.25, 0.3) is 0 Å². The van der Waals surface area contributed by atoms with Crippen LogP contribution in [0.15, 0.2) is 58.1 Å². The molecule has 0 spiro atoms. The van der Waals surface area contributed by atoms with Crippen molar-refractivity contribution in [1.82, 2.24) is 9.55 Å². The lowest BCUT2D eigenvalue weighted by atomic mass is 10.1. The lowest BCUT2D eigenvalue weighted by Gasteiger charge is -2.24. The number of nitrogens with two attached hydrogens (primary N) is 1. The van der Waals surface area contributed by atoms with Crippen molar-refractivity contribution >= 4 is 17.4 Å². The van der Waals surface area contributed by atoms with Gasteiger partial charge < -0.3 is 10.5 Å². The molecule has 3 N–H and O–H groups in total. The van der Waals surface area contributed by atoms with Crippen molar-refractivity contribution in [2.75, 3.05) is 30.9 Å². The first-order valence-electron chi connectivity index (χ1n) is 9.26. The Morgan fingerprint density at radius 3 is 2.55 bits per heavy atom. The van der Waals surface area contributed by atoms with Gasteiger partial charge in [-0.05, 0) is 23.8 Å². The van der Waals surface area contributed by atoms with Gasteiger partial charge in [0.15, 0.2) is 5.69 Å². The highest BCUT2D eigenvalue weighted by molar-refractivity contribution is 6.07. The summed E-state index contributed by atoms with van der Waals surface area (Å²) in [6, 6.07) is 11.2. The average Bonchev–Trinajstić information content (AvgIpc) is 2.75. The molecular weight excluding hydrogens is 410 g/mol. The number of nitrogen functional groups attached to an aromatic ring is 1. The number of aromatic amines is 1. The Balaban J connectivity index is 2.14. The number of H-pyrrole nitrogens is 1. The fraction of sp³-hybridized carbons (Fsp3) is 0.190. The summed E-state index contributed by atoms with van der Waals surface area (Å²) in [7, 11) is 1.37. The lowest BCUT2D eigenvalue weighted by molar-refractivity contribution is 0.0971. The van der Waals surface area contributed by atoms with Gasteiger partial charge >= 0.3 is 5.69 Å². The fourth-order valence-electron chi connectivity index (χ4n) is 3.07. The van der Waals surface area contributed by atoms with E-state index in [-0.39, 0.29) is 31.2 Å². The second-order valence-electron chi connectivity index (χ2n) is 6.64. The summed E-state index contributed by atoms with van der Waals surface area (Å²) < 4.78 is 33.9. The summed E-state index contributed by atoms with van der Waals surface area (Å²) in [4.78, 5) is 41.0. The van der Waals surface area contributed by atoms with E-state index in [1.807, 2.05) is 0 Å². The predicted octanol–water partition coefficient (Wildman–Crippen LogP) is 1.74. The molecule has 3 aromatic rings. The molecule has 0 aliphatic rings. The maximum atomic E-state index is 14.2. The predicted molar refractivity (Wildman–Crippen MR) is 111 cm³/mol. The van der Waals surface area contributed by atoms with E-state index in [2.05, 4.69) is 4.98 Å². The highest BCUT2D eigenvalue weighted by atomic mass is 19.1. The monoisotopic (exact) mass is 430 g/mol. The molecule has 0 saturated heterocycles. The molecule has 1 heterocycles. The molecule has 0 bridgehead atoms. The summed E-state index contributed by atoms with van der Waals surface area (Å²) in [5.41, 5.74) is 4.20. The summed E-state index contributed by atoms with van der Waals surface area (Å²) >= 11 is 0. The normalized spacial score (nSPS) is 10.8. The number of hydrogen-bond donors (Lipinski definition) is 2. The first-order chi connectivity index (χ1) is 14.8. The molecule has 0 atom stereocenters. The highest BCUT2D eigenvalue weighted by Crippen LogP contribution is 2.21. The third-order valence-electron chi connectivity index (χ3n) is 4.59. The van der Waals surface area contributed by atoms with Crippen LogP contribution in [0.1, 0.15) is 15.9 Å². The number of hydrogen-bond acceptors (Lipinski definition) is 5. The third-order valence-corrected chi connectivity index (χ3v) is 4.59. The molecule has 8 nitrogen and oxygen atoms in total. The van der Waals surface area contributed by atoms with E-state index < -0.39 is 34.4 Å². The summed E-state index contributed by atoms with van der Waals surface area (Å²) in [6.45, 7) is -0.197. The summed E-state index contributed by atoms with van der Waals surface area (Å²) in [6.07, 6.45) is 0. The minimum Gasteiger partial charge on any atom is -0.383 e. The number of carbonyl (C=O) groups excluding carboxylic acids is 1. The Bertz CT molecular complexity index is 1210. The summed E-state index contributed by atoms with van der Waals surface area (Å²) in [5.74, 6) is -3.09. The van der Waals surface area contributed by atoms with Gasteiger partial charge in [-0.1, -0.05) is 30.3 Å². The number of halogens is 2.